The summed E-state index contributed by atoms with van der Waals surface area (Å²) in [5.74, 6) is 0.851. The molecule has 0 spiro atoms. The summed E-state index contributed by atoms with van der Waals surface area (Å²) >= 11 is 1.11. The lowest BCUT2D eigenvalue weighted by molar-refractivity contribution is 0.411. The predicted octanol–water partition coefficient (Wildman–Crippen LogP) is 2.12. The van der Waals surface area contributed by atoms with E-state index >= 15 is 0 Å². The van der Waals surface area contributed by atoms with Gasteiger partial charge in [0.15, 0.2) is 0 Å². The number of ether oxygens (including phenoxy) is 1. The van der Waals surface area contributed by atoms with Gasteiger partial charge < -0.3 is 4.74 Å². The lowest BCUT2D eigenvalue weighted by Gasteiger charge is -2.08. The Balaban J connectivity index is 2.58. The van der Waals surface area contributed by atoms with Gasteiger partial charge in [0, 0.05) is 5.56 Å². The highest BCUT2D eigenvalue weighted by atomic mass is 32.1. The number of benzene rings is 1. The Hall–Kier alpha value is -1.62. The molecule has 0 atom stereocenters. The molecule has 4 nitrogen and oxygen atoms in total. The van der Waals surface area contributed by atoms with Gasteiger partial charge in [0.25, 0.3) is 0 Å². The fraction of sp³-hybridized carbons (Fsp3) is 0.273. The molecular formula is C11H12N2O2S. The second kappa shape index (κ2) is 4.09. The van der Waals surface area contributed by atoms with Gasteiger partial charge in [-0.1, -0.05) is 11.3 Å². The van der Waals surface area contributed by atoms with E-state index in [2.05, 4.69) is 10.2 Å². The van der Waals surface area contributed by atoms with Gasteiger partial charge in [-0.3, -0.25) is 4.79 Å². The summed E-state index contributed by atoms with van der Waals surface area (Å²) in [6.45, 7) is 3.94. The van der Waals surface area contributed by atoms with Gasteiger partial charge in [0.2, 0.25) is 0 Å². The van der Waals surface area contributed by atoms with Gasteiger partial charge in [-0.05, 0) is 37.1 Å². The van der Waals surface area contributed by atoms with Crippen molar-refractivity contribution in [3.05, 3.63) is 32.9 Å². The summed E-state index contributed by atoms with van der Waals surface area (Å²) in [6, 6.07) is 3.94. The van der Waals surface area contributed by atoms with Crippen LogP contribution in [0.2, 0.25) is 0 Å². The molecule has 5 heteroatoms. The van der Waals surface area contributed by atoms with Crippen molar-refractivity contribution in [2.45, 2.75) is 13.8 Å². The van der Waals surface area contributed by atoms with E-state index in [4.69, 9.17) is 4.74 Å². The molecule has 16 heavy (non-hydrogen) atoms. The Bertz CT molecular complexity index is 572. The highest BCUT2D eigenvalue weighted by Gasteiger charge is 2.10. The highest BCUT2D eigenvalue weighted by molar-refractivity contribution is 7.12. The molecule has 0 aliphatic heterocycles. The Morgan fingerprint density at radius 1 is 1.31 bits per heavy atom. The molecule has 0 amide bonds. The molecule has 2 rings (SSSR count). The largest absolute Gasteiger partial charge is 0.496 e. The second-order valence-electron chi connectivity index (χ2n) is 3.56. The van der Waals surface area contributed by atoms with Crippen LogP contribution in [0.4, 0.5) is 0 Å². The zero-order valence-electron chi connectivity index (χ0n) is 9.33. The summed E-state index contributed by atoms with van der Waals surface area (Å²) in [5.41, 5.74) is 3.05. The number of aromatic amines is 1. The standard InChI is InChI=1S/C11H12N2O2S/c1-6-5-9(15-3)7(2)4-8(6)10-12-13-11(14)16-10/h4-5H,1-3H3,(H,13,14). The molecule has 0 aliphatic carbocycles. The van der Waals surface area contributed by atoms with Crippen molar-refractivity contribution < 1.29 is 4.74 Å². The zero-order valence-corrected chi connectivity index (χ0v) is 10.1. The average Bonchev–Trinajstić information content (AvgIpc) is 2.67. The summed E-state index contributed by atoms with van der Waals surface area (Å²) in [5, 5.41) is 7.12. The Morgan fingerprint density at radius 3 is 2.62 bits per heavy atom. The van der Waals surface area contributed by atoms with Gasteiger partial charge in [0.05, 0.1) is 7.11 Å². The van der Waals surface area contributed by atoms with Crippen LogP contribution in [-0.4, -0.2) is 17.3 Å². The number of hydrogen-bond donors (Lipinski definition) is 1. The maximum Gasteiger partial charge on any atom is 0.322 e. The van der Waals surface area contributed by atoms with Crippen LogP contribution in [0.15, 0.2) is 16.9 Å². The topological polar surface area (TPSA) is 55.0 Å². The SMILES string of the molecule is COc1cc(C)c(-c2n[nH]c(=O)s2)cc1C. The Morgan fingerprint density at radius 2 is 2.06 bits per heavy atom. The average molecular weight is 236 g/mol. The third-order valence-corrected chi connectivity index (χ3v) is 3.19. The van der Waals surface area contributed by atoms with Crippen LogP contribution in [0.3, 0.4) is 0 Å². The molecule has 0 aliphatic rings. The minimum Gasteiger partial charge on any atom is -0.496 e. The fourth-order valence-corrected chi connectivity index (χ4v) is 2.27. The number of rotatable bonds is 2. The number of methoxy groups -OCH3 is 1. The maximum atomic E-state index is 11.1. The summed E-state index contributed by atoms with van der Waals surface area (Å²) < 4.78 is 5.24. The lowest BCUT2D eigenvalue weighted by Crippen LogP contribution is -1.91. The summed E-state index contributed by atoms with van der Waals surface area (Å²) in [6.07, 6.45) is 0. The molecule has 0 bridgehead atoms. The van der Waals surface area contributed by atoms with Crippen molar-refractivity contribution >= 4 is 11.3 Å². The van der Waals surface area contributed by atoms with Crippen molar-refractivity contribution in [2.75, 3.05) is 7.11 Å². The first-order chi connectivity index (χ1) is 7.61. The predicted molar refractivity (Wildman–Crippen MR) is 64.2 cm³/mol. The van der Waals surface area contributed by atoms with Gasteiger partial charge in [-0.15, -0.1) is 0 Å². The first-order valence-corrected chi connectivity index (χ1v) is 5.64. The number of nitrogens with zero attached hydrogens (tertiary/aromatic N) is 1. The van der Waals surface area contributed by atoms with Crippen LogP contribution >= 0.6 is 11.3 Å². The van der Waals surface area contributed by atoms with Gasteiger partial charge in [0.1, 0.15) is 10.8 Å². The van der Waals surface area contributed by atoms with Crippen molar-refractivity contribution in [1.82, 2.24) is 10.2 Å². The van der Waals surface area contributed by atoms with E-state index < -0.39 is 0 Å². The van der Waals surface area contributed by atoms with E-state index in [1.54, 1.807) is 7.11 Å². The van der Waals surface area contributed by atoms with Gasteiger partial charge in [-0.2, -0.15) is 5.10 Å². The van der Waals surface area contributed by atoms with Gasteiger partial charge in [-0.25, -0.2) is 5.10 Å². The Kier molecular flexibility index (Phi) is 2.78. The molecule has 0 saturated heterocycles. The molecule has 1 aromatic carbocycles. The normalized spacial score (nSPS) is 10.4. The number of aromatic nitrogens is 2. The molecule has 1 heterocycles. The number of H-pyrrole nitrogens is 1. The van der Waals surface area contributed by atoms with Crippen molar-refractivity contribution in [3.63, 3.8) is 0 Å². The Labute approximate surface area is 96.9 Å². The van der Waals surface area contributed by atoms with Crippen LogP contribution < -0.4 is 9.61 Å². The van der Waals surface area contributed by atoms with E-state index in [1.807, 2.05) is 26.0 Å². The third kappa shape index (κ3) is 1.86. The molecule has 84 valence electrons. The van der Waals surface area contributed by atoms with E-state index in [1.165, 1.54) is 0 Å². The second-order valence-corrected chi connectivity index (χ2v) is 4.52. The molecule has 0 saturated carbocycles. The fourth-order valence-electron chi connectivity index (χ4n) is 1.59. The molecule has 1 N–H and O–H groups in total. The van der Waals surface area contributed by atoms with Crippen LogP contribution in [0.25, 0.3) is 10.6 Å². The lowest BCUT2D eigenvalue weighted by atomic mass is 10.1. The summed E-state index contributed by atoms with van der Waals surface area (Å²) in [7, 11) is 1.65. The number of nitrogens with one attached hydrogen (secondary N) is 1. The quantitative estimate of drug-likeness (QED) is 0.869. The van der Waals surface area contributed by atoms with Gasteiger partial charge >= 0.3 is 4.87 Å². The van der Waals surface area contributed by atoms with Crippen molar-refractivity contribution in [1.29, 1.82) is 0 Å². The molecule has 1 aromatic heterocycles. The van der Waals surface area contributed by atoms with E-state index in [0.717, 1.165) is 33.8 Å². The number of hydrogen-bond acceptors (Lipinski definition) is 4. The molecule has 0 radical (unpaired) electrons. The minimum absolute atomic E-state index is 0.136. The molecule has 0 unspecified atom stereocenters. The van der Waals surface area contributed by atoms with E-state index in [-0.39, 0.29) is 4.87 Å². The summed E-state index contributed by atoms with van der Waals surface area (Å²) in [4.78, 5) is 10.9. The van der Waals surface area contributed by atoms with Crippen LogP contribution in [-0.2, 0) is 0 Å². The first-order valence-electron chi connectivity index (χ1n) is 4.83. The van der Waals surface area contributed by atoms with Crippen molar-refractivity contribution in [2.24, 2.45) is 0 Å². The monoisotopic (exact) mass is 236 g/mol. The van der Waals surface area contributed by atoms with Crippen LogP contribution in [0.5, 0.6) is 5.75 Å². The van der Waals surface area contributed by atoms with Crippen LogP contribution in [0, 0.1) is 13.8 Å². The third-order valence-electron chi connectivity index (χ3n) is 2.41. The highest BCUT2D eigenvalue weighted by Crippen LogP contribution is 2.29. The smallest absolute Gasteiger partial charge is 0.322 e. The first kappa shape index (κ1) is 10.9. The molecule has 0 fully saturated rings. The van der Waals surface area contributed by atoms with E-state index in [9.17, 15) is 4.79 Å². The zero-order chi connectivity index (χ0) is 11.7. The number of aryl methyl sites for hydroxylation is 2. The maximum absolute atomic E-state index is 11.1. The van der Waals surface area contributed by atoms with Crippen molar-refractivity contribution in [3.8, 4) is 16.3 Å². The molecular weight excluding hydrogens is 224 g/mol. The van der Waals surface area contributed by atoms with Crippen LogP contribution in [0.1, 0.15) is 11.1 Å². The molecule has 2 aromatic rings. The minimum atomic E-state index is -0.136. The van der Waals surface area contributed by atoms with E-state index in [0.29, 0.717) is 5.01 Å².